The van der Waals surface area contributed by atoms with Gasteiger partial charge in [-0.05, 0) is 31.2 Å². The number of carbonyl (C=O) groups excluding carboxylic acids is 1. The highest BCUT2D eigenvalue weighted by Gasteiger charge is 2.15. The van der Waals surface area contributed by atoms with Crippen molar-refractivity contribution in [1.82, 2.24) is 10.0 Å². The van der Waals surface area contributed by atoms with Crippen LogP contribution >= 0.6 is 0 Å². The van der Waals surface area contributed by atoms with Crippen LogP contribution in [0.4, 0.5) is 0 Å². The minimum atomic E-state index is -3.61. The molecule has 0 aliphatic carbocycles. The molecule has 0 radical (unpaired) electrons. The molecule has 0 aliphatic heterocycles. The van der Waals surface area contributed by atoms with E-state index in [1.54, 1.807) is 12.1 Å². The molecule has 1 atom stereocenters. The Balaban J connectivity index is 2.84. The van der Waals surface area contributed by atoms with E-state index in [4.69, 9.17) is 5.73 Å². The molecule has 1 aromatic carbocycles. The quantitative estimate of drug-likeness (QED) is 0.651. The van der Waals surface area contributed by atoms with E-state index in [-0.39, 0.29) is 23.9 Å². The number of benzene rings is 1. The lowest BCUT2D eigenvalue weighted by Gasteiger charge is -2.14. The predicted molar refractivity (Wildman–Crippen MR) is 77.5 cm³/mol. The zero-order valence-electron chi connectivity index (χ0n) is 11.7. The molecule has 0 aliphatic rings. The van der Waals surface area contributed by atoms with Gasteiger partial charge in [0.1, 0.15) is 0 Å². The molecule has 0 bridgehead atoms. The molecule has 4 N–H and O–H groups in total. The summed E-state index contributed by atoms with van der Waals surface area (Å²) in [6.07, 6.45) is -0.0211. The number of nitrogens with two attached hydrogens (primary N) is 1. The first-order valence-electron chi connectivity index (χ1n) is 6.48. The van der Waals surface area contributed by atoms with Crippen molar-refractivity contribution in [1.29, 1.82) is 0 Å². The van der Waals surface area contributed by atoms with Crippen molar-refractivity contribution in [2.75, 3.05) is 13.1 Å². The van der Waals surface area contributed by atoms with Crippen molar-refractivity contribution >= 4 is 15.9 Å². The lowest BCUT2D eigenvalue weighted by molar-refractivity contribution is -0.117. The summed E-state index contributed by atoms with van der Waals surface area (Å²) >= 11 is 0. The third-order valence-corrected chi connectivity index (χ3v) is 4.30. The van der Waals surface area contributed by atoms with Crippen LogP contribution < -0.4 is 15.8 Å². The van der Waals surface area contributed by atoms with Crippen molar-refractivity contribution in [2.45, 2.75) is 31.2 Å². The van der Waals surface area contributed by atoms with Crippen LogP contribution in [0.1, 0.15) is 31.9 Å². The van der Waals surface area contributed by atoms with E-state index in [1.165, 1.54) is 6.07 Å². The molecule has 0 heterocycles. The standard InChI is InChI=1S/C13H21N3O3S/c1-3-15-10(2)11-5-4-6-12(9-11)20(18,19)16-8-7-13(14)17/h4-6,9-10,15-16H,3,7-8H2,1-2H3,(H2,14,17). The topological polar surface area (TPSA) is 101 Å². The molecule has 1 aromatic rings. The highest BCUT2D eigenvalue weighted by molar-refractivity contribution is 7.89. The van der Waals surface area contributed by atoms with Gasteiger partial charge in [0.2, 0.25) is 15.9 Å². The van der Waals surface area contributed by atoms with Crippen LogP contribution in [0.5, 0.6) is 0 Å². The summed E-state index contributed by atoms with van der Waals surface area (Å²) in [5.74, 6) is -0.540. The Hall–Kier alpha value is -1.44. The van der Waals surface area contributed by atoms with Crippen molar-refractivity contribution in [2.24, 2.45) is 5.73 Å². The van der Waals surface area contributed by atoms with Gasteiger partial charge in [0.15, 0.2) is 0 Å². The molecular weight excluding hydrogens is 278 g/mol. The Morgan fingerprint density at radius 2 is 2.10 bits per heavy atom. The Bertz CT molecular complexity index is 558. The number of carbonyl (C=O) groups is 1. The number of rotatable bonds is 8. The zero-order valence-corrected chi connectivity index (χ0v) is 12.5. The van der Waals surface area contributed by atoms with Gasteiger partial charge >= 0.3 is 0 Å². The predicted octanol–water partition coefficient (Wildman–Crippen LogP) is 0.511. The van der Waals surface area contributed by atoms with E-state index >= 15 is 0 Å². The molecular formula is C13H21N3O3S. The van der Waals surface area contributed by atoms with Crippen LogP contribution in [0.3, 0.4) is 0 Å². The summed E-state index contributed by atoms with van der Waals surface area (Å²) in [4.78, 5) is 10.8. The van der Waals surface area contributed by atoms with E-state index in [0.29, 0.717) is 0 Å². The number of amides is 1. The Morgan fingerprint density at radius 1 is 1.40 bits per heavy atom. The van der Waals surface area contributed by atoms with Crippen LogP contribution in [0.2, 0.25) is 0 Å². The maximum Gasteiger partial charge on any atom is 0.240 e. The van der Waals surface area contributed by atoms with Crippen molar-refractivity contribution < 1.29 is 13.2 Å². The SMILES string of the molecule is CCNC(C)c1cccc(S(=O)(=O)NCCC(N)=O)c1. The molecule has 7 heteroatoms. The molecule has 0 saturated heterocycles. The van der Waals surface area contributed by atoms with Crippen molar-refractivity contribution in [3.63, 3.8) is 0 Å². The van der Waals surface area contributed by atoms with Crippen LogP contribution in [0.25, 0.3) is 0 Å². The Morgan fingerprint density at radius 3 is 2.70 bits per heavy atom. The van der Waals surface area contributed by atoms with Gasteiger partial charge in [-0.3, -0.25) is 4.79 Å². The maximum absolute atomic E-state index is 12.1. The third-order valence-electron chi connectivity index (χ3n) is 2.84. The largest absolute Gasteiger partial charge is 0.370 e. The van der Waals surface area contributed by atoms with Gasteiger partial charge < -0.3 is 11.1 Å². The smallest absolute Gasteiger partial charge is 0.240 e. The lowest BCUT2D eigenvalue weighted by atomic mass is 10.1. The van der Waals surface area contributed by atoms with E-state index < -0.39 is 15.9 Å². The molecule has 0 spiro atoms. The normalized spacial score (nSPS) is 13.1. The monoisotopic (exact) mass is 299 g/mol. The first-order chi connectivity index (χ1) is 9.36. The first kappa shape index (κ1) is 16.6. The Kier molecular flexibility index (Phi) is 6.12. The van der Waals surface area contributed by atoms with Crippen LogP contribution in [-0.2, 0) is 14.8 Å². The van der Waals surface area contributed by atoms with Gasteiger partial charge in [0.05, 0.1) is 4.90 Å². The molecule has 0 fully saturated rings. The maximum atomic E-state index is 12.1. The minimum Gasteiger partial charge on any atom is -0.370 e. The summed E-state index contributed by atoms with van der Waals surface area (Å²) in [5, 5.41) is 3.22. The second kappa shape index (κ2) is 7.37. The fraction of sp³-hybridized carbons (Fsp3) is 0.462. The number of hydrogen-bond acceptors (Lipinski definition) is 4. The van der Waals surface area contributed by atoms with Gasteiger partial charge in [0.25, 0.3) is 0 Å². The van der Waals surface area contributed by atoms with E-state index in [0.717, 1.165) is 12.1 Å². The second-order valence-electron chi connectivity index (χ2n) is 4.47. The highest BCUT2D eigenvalue weighted by atomic mass is 32.2. The molecule has 112 valence electrons. The number of primary amides is 1. The van der Waals surface area contributed by atoms with Crippen LogP contribution in [-0.4, -0.2) is 27.4 Å². The summed E-state index contributed by atoms with van der Waals surface area (Å²) in [6.45, 7) is 4.76. The fourth-order valence-corrected chi connectivity index (χ4v) is 2.85. The van der Waals surface area contributed by atoms with Gasteiger partial charge in [-0.15, -0.1) is 0 Å². The molecule has 0 aromatic heterocycles. The molecule has 0 saturated carbocycles. The van der Waals surface area contributed by atoms with Crippen LogP contribution in [0, 0.1) is 0 Å². The summed E-state index contributed by atoms with van der Waals surface area (Å²) in [5.41, 5.74) is 5.87. The highest BCUT2D eigenvalue weighted by Crippen LogP contribution is 2.17. The van der Waals surface area contributed by atoms with Gasteiger partial charge in [0, 0.05) is 19.0 Å². The molecule has 1 amide bonds. The second-order valence-corrected chi connectivity index (χ2v) is 6.23. The zero-order chi connectivity index (χ0) is 15.2. The van der Waals surface area contributed by atoms with E-state index in [2.05, 4.69) is 10.0 Å². The number of nitrogens with one attached hydrogen (secondary N) is 2. The van der Waals surface area contributed by atoms with Gasteiger partial charge in [-0.1, -0.05) is 19.1 Å². The van der Waals surface area contributed by atoms with Gasteiger partial charge in [-0.2, -0.15) is 0 Å². The van der Waals surface area contributed by atoms with Crippen molar-refractivity contribution in [3.05, 3.63) is 29.8 Å². The minimum absolute atomic E-state index is 0.00462. The van der Waals surface area contributed by atoms with E-state index in [9.17, 15) is 13.2 Å². The summed E-state index contributed by atoms with van der Waals surface area (Å²) in [6, 6.07) is 6.79. The lowest BCUT2D eigenvalue weighted by Crippen LogP contribution is -2.28. The fourth-order valence-electron chi connectivity index (χ4n) is 1.77. The summed E-state index contributed by atoms with van der Waals surface area (Å²) < 4.78 is 26.5. The van der Waals surface area contributed by atoms with Crippen LogP contribution in [0.15, 0.2) is 29.2 Å². The summed E-state index contributed by atoms with van der Waals surface area (Å²) in [7, 11) is -3.61. The average molecular weight is 299 g/mol. The number of hydrogen-bond donors (Lipinski definition) is 3. The van der Waals surface area contributed by atoms with Crippen molar-refractivity contribution in [3.8, 4) is 0 Å². The average Bonchev–Trinajstić information content (AvgIpc) is 2.38. The van der Waals surface area contributed by atoms with Gasteiger partial charge in [-0.25, -0.2) is 13.1 Å². The third kappa shape index (κ3) is 4.92. The first-order valence-corrected chi connectivity index (χ1v) is 7.96. The van der Waals surface area contributed by atoms with E-state index in [1.807, 2.05) is 19.9 Å². The molecule has 1 rings (SSSR count). The molecule has 20 heavy (non-hydrogen) atoms. The number of sulfonamides is 1. The molecule has 1 unspecified atom stereocenters. The molecule has 6 nitrogen and oxygen atoms in total. The Labute approximate surface area is 119 Å².